The molecule has 2 atom stereocenters. The minimum absolute atomic E-state index is 0.0436. The SMILES string of the molecule is CCS(=O)(=O)CC(C)NC(C)CSC. The average molecular weight is 239 g/mol. The van der Waals surface area contributed by atoms with E-state index < -0.39 is 9.84 Å². The molecule has 0 saturated heterocycles. The molecule has 0 amide bonds. The monoisotopic (exact) mass is 239 g/mol. The maximum atomic E-state index is 11.3. The minimum Gasteiger partial charge on any atom is -0.310 e. The Labute approximate surface area is 92.0 Å². The van der Waals surface area contributed by atoms with Crippen LogP contribution in [0.1, 0.15) is 20.8 Å². The predicted molar refractivity (Wildman–Crippen MR) is 64.8 cm³/mol. The summed E-state index contributed by atoms with van der Waals surface area (Å²) in [5.41, 5.74) is 0. The molecule has 0 spiro atoms. The van der Waals surface area contributed by atoms with Gasteiger partial charge in [-0.25, -0.2) is 8.42 Å². The molecule has 0 saturated carbocycles. The molecule has 0 bridgehead atoms. The number of hydrogen-bond donors (Lipinski definition) is 1. The van der Waals surface area contributed by atoms with Gasteiger partial charge in [0.05, 0.1) is 5.75 Å². The summed E-state index contributed by atoms with van der Waals surface area (Å²) in [5.74, 6) is 1.48. The highest BCUT2D eigenvalue weighted by atomic mass is 32.2. The largest absolute Gasteiger partial charge is 0.310 e. The second-order valence-electron chi connectivity index (χ2n) is 3.62. The molecule has 1 N–H and O–H groups in total. The molecule has 0 aromatic heterocycles. The van der Waals surface area contributed by atoms with Crippen LogP contribution in [0, 0.1) is 0 Å². The molecule has 0 heterocycles. The summed E-state index contributed by atoms with van der Waals surface area (Å²) in [6, 6.07) is 0.411. The Hall–Kier alpha value is 0.260. The van der Waals surface area contributed by atoms with Crippen molar-refractivity contribution in [3.8, 4) is 0 Å². The Morgan fingerprint density at radius 1 is 1.29 bits per heavy atom. The smallest absolute Gasteiger partial charge is 0.151 e. The number of rotatable bonds is 7. The highest BCUT2D eigenvalue weighted by Crippen LogP contribution is 2.00. The molecule has 2 unspecified atom stereocenters. The van der Waals surface area contributed by atoms with Crippen LogP contribution in [0.3, 0.4) is 0 Å². The lowest BCUT2D eigenvalue weighted by Crippen LogP contribution is -2.40. The van der Waals surface area contributed by atoms with Gasteiger partial charge in [0.1, 0.15) is 0 Å². The van der Waals surface area contributed by atoms with Crippen molar-refractivity contribution in [3.63, 3.8) is 0 Å². The van der Waals surface area contributed by atoms with E-state index in [-0.39, 0.29) is 17.5 Å². The van der Waals surface area contributed by atoms with Crippen LogP contribution < -0.4 is 5.32 Å². The molecule has 86 valence electrons. The van der Waals surface area contributed by atoms with E-state index in [1.807, 2.05) is 13.2 Å². The summed E-state index contributed by atoms with van der Waals surface area (Å²) in [5, 5.41) is 3.27. The molecular formula is C9H21NO2S2. The summed E-state index contributed by atoms with van der Waals surface area (Å²) < 4.78 is 22.6. The third kappa shape index (κ3) is 6.68. The standard InChI is InChI=1S/C9H21NO2S2/c1-5-14(11,12)7-9(3)10-8(2)6-13-4/h8-10H,5-7H2,1-4H3. The van der Waals surface area contributed by atoms with E-state index >= 15 is 0 Å². The molecular weight excluding hydrogens is 218 g/mol. The van der Waals surface area contributed by atoms with Crippen LogP contribution >= 0.6 is 11.8 Å². The Morgan fingerprint density at radius 2 is 1.86 bits per heavy atom. The predicted octanol–water partition coefficient (Wildman–Crippen LogP) is 1.15. The zero-order valence-electron chi connectivity index (χ0n) is 9.41. The van der Waals surface area contributed by atoms with Gasteiger partial charge in [-0.05, 0) is 20.1 Å². The topological polar surface area (TPSA) is 46.2 Å². The Bertz CT molecular complexity index is 239. The molecule has 5 heteroatoms. The number of hydrogen-bond acceptors (Lipinski definition) is 4. The van der Waals surface area contributed by atoms with Crippen LogP contribution in [0.15, 0.2) is 0 Å². The van der Waals surface area contributed by atoms with E-state index in [1.54, 1.807) is 18.7 Å². The molecule has 0 aromatic rings. The second kappa shape index (κ2) is 6.69. The van der Waals surface area contributed by atoms with E-state index in [9.17, 15) is 8.42 Å². The first-order chi connectivity index (χ1) is 6.41. The van der Waals surface area contributed by atoms with E-state index in [4.69, 9.17) is 0 Å². The summed E-state index contributed by atoms with van der Waals surface area (Å²) in [4.78, 5) is 0. The van der Waals surface area contributed by atoms with Gasteiger partial charge in [-0.2, -0.15) is 11.8 Å². The number of thioether (sulfide) groups is 1. The van der Waals surface area contributed by atoms with E-state index in [0.29, 0.717) is 6.04 Å². The van der Waals surface area contributed by atoms with E-state index in [1.165, 1.54) is 0 Å². The fourth-order valence-corrected chi connectivity index (χ4v) is 3.02. The first kappa shape index (κ1) is 14.3. The molecule has 0 aromatic carbocycles. The maximum Gasteiger partial charge on any atom is 0.151 e. The quantitative estimate of drug-likeness (QED) is 0.724. The first-order valence-corrected chi connectivity index (χ1v) is 8.08. The molecule has 0 aliphatic rings. The highest BCUT2D eigenvalue weighted by molar-refractivity contribution is 7.98. The highest BCUT2D eigenvalue weighted by Gasteiger charge is 2.14. The van der Waals surface area contributed by atoms with Gasteiger partial charge in [-0.1, -0.05) is 6.92 Å². The third-order valence-electron chi connectivity index (χ3n) is 1.93. The van der Waals surface area contributed by atoms with Crippen LogP contribution in [-0.2, 0) is 9.84 Å². The lowest BCUT2D eigenvalue weighted by atomic mass is 10.3. The van der Waals surface area contributed by atoms with Crippen molar-refractivity contribution in [3.05, 3.63) is 0 Å². The molecule has 0 radical (unpaired) electrons. The lowest BCUT2D eigenvalue weighted by Gasteiger charge is -2.18. The molecule has 0 rings (SSSR count). The van der Waals surface area contributed by atoms with Crippen molar-refractivity contribution in [1.82, 2.24) is 5.32 Å². The maximum absolute atomic E-state index is 11.3. The van der Waals surface area contributed by atoms with Crippen molar-refractivity contribution in [1.29, 1.82) is 0 Å². The van der Waals surface area contributed by atoms with Crippen LogP contribution in [0.25, 0.3) is 0 Å². The van der Waals surface area contributed by atoms with Crippen molar-refractivity contribution >= 4 is 21.6 Å². The first-order valence-electron chi connectivity index (χ1n) is 4.86. The summed E-state index contributed by atoms with van der Waals surface area (Å²) >= 11 is 1.76. The van der Waals surface area contributed by atoms with Crippen LogP contribution in [0.4, 0.5) is 0 Å². The van der Waals surface area contributed by atoms with Crippen molar-refractivity contribution < 1.29 is 8.42 Å². The van der Waals surface area contributed by atoms with Crippen LogP contribution in [0.5, 0.6) is 0 Å². The fraction of sp³-hybridized carbons (Fsp3) is 1.00. The van der Waals surface area contributed by atoms with Gasteiger partial charge in [0.15, 0.2) is 9.84 Å². The van der Waals surface area contributed by atoms with Crippen molar-refractivity contribution in [2.75, 3.05) is 23.5 Å². The van der Waals surface area contributed by atoms with Gasteiger partial charge in [0.2, 0.25) is 0 Å². The average Bonchev–Trinajstić information content (AvgIpc) is 2.03. The Kier molecular flexibility index (Phi) is 6.81. The van der Waals surface area contributed by atoms with E-state index in [2.05, 4.69) is 12.2 Å². The van der Waals surface area contributed by atoms with Crippen molar-refractivity contribution in [2.45, 2.75) is 32.9 Å². The Balaban J connectivity index is 3.92. The van der Waals surface area contributed by atoms with Gasteiger partial charge >= 0.3 is 0 Å². The van der Waals surface area contributed by atoms with Gasteiger partial charge in [0.25, 0.3) is 0 Å². The Morgan fingerprint density at radius 3 is 2.29 bits per heavy atom. The lowest BCUT2D eigenvalue weighted by molar-refractivity contribution is 0.514. The molecule has 3 nitrogen and oxygen atoms in total. The fourth-order valence-electron chi connectivity index (χ4n) is 1.33. The van der Waals surface area contributed by atoms with Crippen molar-refractivity contribution in [2.24, 2.45) is 0 Å². The van der Waals surface area contributed by atoms with E-state index in [0.717, 1.165) is 5.75 Å². The molecule has 0 aliphatic carbocycles. The number of nitrogens with one attached hydrogen (secondary N) is 1. The molecule has 0 aliphatic heterocycles. The zero-order valence-corrected chi connectivity index (χ0v) is 11.0. The van der Waals surface area contributed by atoms with Crippen LogP contribution in [0.2, 0.25) is 0 Å². The van der Waals surface area contributed by atoms with Gasteiger partial charge in [-0.15, -0.1) is 0 Å². The summed E-state index contributed by atoms with van der Waals surface area (Å²) in [7, 11) is -2.85. The zero-order chi connectivity index (χ0) is 11.2. The van der Waals surface area contributed by atoms with Gasteiger partial charge in [-0.3, -0.25) is 0 Å². The molecule has 14 heavy (non-hydrogen) atoms. The number of sulfone groups is 1. The normalized spacial score (nSPS) is 16.6. The molecule has 0 fully saturated rings. The summed E-state index contributed by atoms with van der Waals surface area (Å²) in [6.07, 6.45) is 2.05. The minimum atomic E-state index is -2.85. The second-order valence-corrected chi connectivity index (χ2v) is 6.93. The van der Waals surface area contributed by atoms with Crippen LogP contribution in [-0.4, -0.2) is 44.0 Å². The summed E-state index contributed by atoms with van der Waals surface area (Å²) in [6.45, 7) is 5.68. The van der Waals surface area contributed by atoms with Gasteiger partial charge in [0, 0.05) is 23.6 Å². The van der Waals surface area contributed by atoms with Gasteiger partial charge < -0.3 is 5.32 Å². The third-order valence-corrected chi connectivity index (χ3v) is 4.65.